The van der Waals surface area contributed by atoms with Gasteiger partial charge in [0.25, 0.3) is 0 Å². The minimum atomic E-state index is -0.554. The van der Waals surface area contributed by atoms with Crippen LogP contribution in [0, 0.1) is 18.3 Å². The van der Waals surface area contributed by atoms with Crippen LogP contribution in [0.2, 0.25) is 0 Å². The molecule has 0 aliphatic carbocycles. The molecule has 1 unspecified atom stereocenters. The minimum absolute atomic E-state index is 0.316. The SMILES string of the molecule is Cc1cc(C#N)nc(NC(C)(C)C(C)O)n1. The molecule has 1 rings (SSSR count). The first-order valence-electron chi connectivity index (χ1n) is 5.07. The molecule has 0 saturated carbocycles. The zero-order valence-electron chi connectivity index (χ0n) is 9.94. The van der Waals surface area contributed by atoms with Crippen LogP contribution in [0.1, 0.15) is 32.2 Å². The van der Waals surface area contributed by atoms with Crippen LogP contribution in [-0.4, -0.2) is 26.7 Å². The molecule has 1 heterocycles. The molecule has 1 atom stereocenters. The Balaban J connectivity index is 2.98. The molecule has 0 bridgehead atoms. The zero-order chi connectivity index (χ0) is 12.3. The Morgan fingerprint density at radius 1 is 1.50 bits per heavy atom. The summed E-state index contributed by atoms with van der Waals surface area (Å²) in [4.78, 5) is 8.19. The second kappa shape index (κ2) is 4.45. The highest BCUT2D eigenvalue weighted by molar-refractivity contribution is 5.35. The first-order valence-corrected chi connectivity index (χ1v) is 5.07. The molecular formula is C11H16N4O. The lowest BCUT2D eigenvalue weighted by Crippen LogP contribution is -2.42. The van der Waals surface area contributed by atoms with Gasteiger partial charge in [0.15, 0.2) is 0 Å². The Bertz CT molecular complexity index is 420. The van der Waals surface area contributed by atoms with Gasteiger partial charge in [0.2, 0.25) is 5.95 Å². The van der Waals surface area contributed by atoms with E-state index in [2.05, 4.69) is 15.3 Å². The van der Waals surface area contributed by atoms with E-state index in [0.29, 0.717) is 11.6 Å². The lowest BCUT2D eigenvalue weighted by atomic mass is 9.99. The largest absolute Gasteiger partial charge is 0.391 e. The highest BCUT2D eigenvalue weighted by Crippen LogP contribution is 2.15. The average Bonchev–Trinajstić information content (AvgIpc) is 2.15. The first-order chi connectivity index (χ1) is 7.35. The van der Waals surface area contributed by atoms with Gasteiger partial charge in [-0.25, -0.2) is 9.97 Å². The number of aryl methyl sites for hydroxylation is 1. The predicted molar refractivity (Wildman–Crippen MR) is 60.9 cm³/mol. The van der Waals surface area contributed by atoms with Crippen LogP contribution in [0.3, 0.4) is 0 Å². The number of nitrogens with one attached hydrogen (secondary N) is 1. The lowest BCUT2D eigenvalue weighted by molar-refractivity contribution is 0.132. The summed E-state index contributed by atoms with van der Waals surface area (Å²) in [5.41, 5.74) is 0.493. The molecule has 16 heavy (non-hydrogen) atoms. The maximum Gasteiger partial charge on any atom is 0.224 e. The van der Waals surface area contributed by atoms with Crippen LogP contribution in [0.25, 0.3) is 0 Å². The van der Waals surface area contributed by atoms with Gasteiger partial charge in [-0.05, 0) is 33.8 Å². The number of aliphatic hydroxyl groups is 1. The van der Waals surface area contributed by atoms with Crippen LogP contribution in [0.5, 0.6) is 0 Å². The molecule has 0 aliphatic rings. The van der Waals surface area contributed by atoms with Gasteiger partial charge in [0, 0.05) is 5.69 Å². The summed E-state index contributed by atoms with van der Waals surface area (Å²) in [6.07, 6.45) is -0.554. The number of aliphatic hydroxyl groups excluding tert-OH is 1. The monoisotopic (exact) mass is 220 g/mol. The summed E-state index contributed by atoms with van der Waals surface area (Å²) < 4.78 is 0. The number of nitrogens with zero attached hydrogens (tertiary/aromatic N) is 3. The summed E-state index contributed by atoms with van der Waals surface area (Å²) in [7, 11) is 0. The zero-order valence-corrected chi connectivity index (χ0v) is 9.94. The van der Waals surface area contributed by atoms with Gasteiger partial charge < -0.3 is 10.4 Å². The molecule has 5 nitrogen and oxygen atoms in total. The number of anilines is 1. The van der Waals surface area contributed by atoms with Gasteiger partial charge in [0.05, 0.1) is 11.6 Å². The van der Waals surface area contributed by atoms with E-state index in [4.69, 9.17) is 5.26 Å². The highest BCUT2D eigenvalue weighted by atomic mass is 16.3. The molecule has 5 heteroatoms. The Kier molecular flexibility index (Phi) is 3.45. The van der Waals surface area contributed by atoms with Crippen molar-refractivity contribution in [3.63, 3.8) is 0 Å². The van der Waals surface area contributed by atoms with Gasteiger partial charge in [-0.15, -0.1) is 0 Å². The summed E-state index contributed by atoms with van der Waals surface area (Å²) in [6.45, 7) is 7.17. The van der Waals surface area contributed by atoms with E-state index in [9.17, 15) is 5.11 Å². The first kappa shape index (κ1) is 12.4. The molecular weight excluding hydrogens is 204 g/mol. The summed E-state index contributed by atoms with van der Waals surface area (Å²) >= 11 is 0. The Hall–Kier alpha value is -1.67. The Morgan fingerprint density at radius 3 is 2.62 bits per heavy atom. The van der Waals surface area contributed by atoms with Crippen molar-refractivity contribution in [3.05, 3.63) is 17.5 Å². The molecule has 0 saturated heterocycles. The van der Waals surface area contributed by atoms with Crippen LogP contribution in [0.4, 0.5) is 5.95 Å². The van der Waals surface area contributed by atoms with Crippen molar-refractivity contribution in [2.45, 2.75) is 39.3 Å². The van der Waals surface area contributed by atoms with Crippen LogP contribution in [-0.2, 0) is 0 Å². The maximum absolute atomic E-state index is 9.55. The van der Waals surface area contributed by atoms with Crippen LogP contribution in [0.15, 0.2) is 6.07 Å². The van der Waals surface area contributed by atoms with Crippen molar-refractivity contribution in [1.29, 1.82) is 5.26 Å². The van der Waals surface area contributed by atoms with Crippen LogP contribution >= 0.6 is 0 Å². The van der Waals surface area contributed by atoms with Gasteiger partial charge in [-0.3, -0.25) is 0 Å². The molecule has 86 valence electrons. The topological polar surface area (TPSA) is 81.8 Å². The van der Waals surface area contributed by atoms with Crippen molar-refractivity contribution < 1.29 is 5.11 Å². The average molecular weight is 220 g/mol. The third-order valence-electron chi connectivity index (χ3n) is 2.45. The molecule has 0 aromatic carbocycles. The van der Waals surface area contributed by atoms with Crippen molar-refractivity contribution in [3.8, 4) is 6.07 Å². The molecule has 0 fully saturated rings. The van der Waals surface area contributed by atoms with Gasteiger partial charge >= 0.3 is 0 Å². The van der Waals surface area contributed by atoms with Crippen molar-refractivity contribution in [2.75, 3.05) is 5.32 Å². The molecule has 0 radical (unpaired) electrons. The van der Waals surface area contributed by atoms with Crippen molar-refractivity contribution >= 4 is 5.95 Å². The molecule has 0 aliphatic heterocycles. The number of aromatic nitrogens is 2. The van der Waals surface area contributed by atoms with E-state index < -0.39 is 11.6 Å². The van der Waals surface area contributed by atoms with E-state index >= 15 is 0 Å². The molecule has 1 aromatic rings. The number of nitriles is 1. The van der Waals surface area contributed by atoms with Gasteiger partial charge in [-0.1, -0.05) is 0 Å². The lowest BCUT2D eigenvalue weighted by Gasteiger charge is -2.29. The third-order valence-corrected chi connectivity index (χ3v) is 2.45. The van der Waals surface area contributed by atoms with Crippen molar-refractivity contribution in [1.82, 2.24) is 9.97 Å². The number of rotatable bonds is 3. The highest BCUT2D eigenvalue weighted by Gasteiger charge is 2.24. The molecule has 1 aromatic heterocycles. The second-order valence-corrected chi connectivity index (χ2v) is 4.35. The fourth-order valence-electron chi connectivity index (χ4n) is 1.07. The van der Waals surface area contributed by atoms with E-state index in [-0.39, 0.29) is 0 Å². The number of hydrogen-bond acceptors (Lipinski definition) is 5. The predicted octanol–water partition coefficient (Wildman–Crippen LogP) is 1.23. The summed E-state index contributed by atoms with van der Waals surface area (Å²) in [5, 5.41) is 21.3. The quantitative estimate of drug-likeness (QED) is 0.800. The standard InChI is InChI=1S/C11H16N4O/c1-7-5-9(6-12)14-10(13-7)15-11(3,4)8(2)16/h5,8,16H,1-4H3,(H,13,14,15). The van der Waals surface area contributed by atoms with Gasteiger partial charge in [0.1, 0.15) is 11.8 Å². The van der Waals surface area contributed by atoms with E-state index in [1.54, 1.807) is 19.9 Å². The van der Waals surface area contributed by atoms with E-state index in [1.807, 2.05) is 19.9 Å². The molecule has 0 spiro atoms. The molecule has 2 N–H and O–H groups in total. The Morgan fingerprint density at radius 2 is 2.12 bits per heavy atom. The third kappa shape index (κ3) is 2.91. The maximum atomic E-state index is 9.55. The Labute approximate surface area is 95.2 Å². The summed E-state index contributed by atoms with van der Waals surface area (Å²) in [6, 6.07) is 3.58. The van der Waals surface area contributed by atoms with Crippen molar-refractivity contribution in [2.24, 2.45) is 0 Å². The second-order valence-electron chi connectivity index (χ2n) is 4.35. The summed E-state index contributed by atoms with van der Waals surface area (Å²) in [5.74, 6) is 0.363. The van der Waals surface area contributed by atoms with E-state index in [1.165, 1.54) is 0 Å². The molecule has 0 amide bonds. The fourth-order valence-corrected chi connectivity index (χ4v) is 1.07. The van der Waals surface area contributed by atoms with Crippen LogP contribution < -0.4 is 5.32 Å². The number of hydrogen-bond donors (Lipinski definition) is 2. The normalized spacial score (nSPS) is 13.0. The fraction of sp³-hybridized carbons (Fsp3) is 0.545. The smallest absolute Gasteiger partial charge is 0.224 e. The minimum Gasteiger partial charge on any atom is -0.391 e. The van der Waals surface area contributed by atoms with E-state index in [0.717, 1.165) is 5.69 Å². The van der Waals surface area contributed by atoms with Gasteiger partial charge in [-0.2, -0.15) is 5.26 Å².